The van der Waals surface area contributed by atoms with Gasteiger partial charge in [0.05, 0.1) is 12.7 Å². The number of hydrogen-bond donors (Lipinski definition) is 1. The van der Waals surface area contributed by atoms with Gasteiger partial charge < -0.3 is 14.5 Å². The number of nitrogens with one attached hydrogen (secondary N) is 1. The van der Waals surface area contributed by atoms with E-state index in [4.69, 9.17) is 9.15 Å². The fourth-order valence-electron chi connectivity index (χ4n) is 0.892. The number of oxazole rings is 1. The minimum Gasteiger partial charge on any atom is -0.451 e. The van der Waals surface area contributed by atoms with E-state index in [-0.39, 0.29) is 0 Å². The Kier molecular flexibility index (Phi) is 1.87. The number of nitrogens with zero attached hydrogens (tertiary/aromatic N) is 1. The summed E-state index contributed by atoms with van der Waals surface area (Å²) in [6, 6.07) is 0. The standard InChI is InChI=1S/C7H10N2O2/c1-7(2-8-1)11-4-6-3-10-5-9-6/h3,5,7-8H,1-2,4H2. The van der Waals surface area contributed by atoms with E-state index in [2.05, 4.69) is 10.3 Å². The number of hydrogen-bond acceptors (Lipinski definition) is 4. The molecule has 0 aromatic carbocycles. The number of rotatable bonds is 3. The van der Waals surface area contributed by atoms with E-state index in [1.54, 1.807) is 6.26 Å². The van der Waals surface area contributed by atoms with Gasteiger partial charge in [0.1, 0.15) is 12.0 Å². The summed E-state index contributed by atoms with van der Waals surface area (Å²) in [7, 11) is 0. The van der Waals surface area contributed by atoms with Gasteiger partial charge in [-0.1, -0.05) is 0 Å². The van der Waals surface area contributed by atoms with Crippen LogP contribution in [0.25, 0.3) is 0 Å². The maximum Gasteiger partial charge on any atom is 0.180 e. The minimum absolute atomic E-state index is 0.367. The van der Waals surface area contributed by atoms with Crippen LogP contribution in [-0.2, 0) is 11.3 Å². The Morgan fingerprint density at radius 1 is 1.73 bits per heavy atom. The second kappa shape index (κ2) is 3.02. The van der Waals surface area contributed by atoms with Crippen LogP contribution < -0.4 is 5.32 Å². The first-order chi connectivity index (χ1) is 5.45. The molecule has 1 aromatic rings. The van der Waals surface area contributed by atoms with Crippen molar-refractivity contribution in [3.8, 4) is 0 Å². The van der Waals surface area contributed by atoms with Crippen molar-refractivity contribution in [2.75, 3.05) is 13.1 Å². The van der Waals surface area contributed by atoms with Crippen LogP contribution in [0.5, 0.6) is 0 Å². The molecule has 4 heteroatoms. The van der Waals surface area contributed by atoms with Crippen LogP contribution in [0.15, 0.2) is 17.1 Å². The van der Waals surface area contributed by atoms with E-state index in [1.807, 2.05) is 0 Å². The Morgan fingerprint density at radius 2 is 2.64 bits per heavy atom. The average Bonchev–Trinajstić information content (AvgIpc) is 2.36. The largest absolute Gasteiger partial charge is 0.451 e. The van der Waals surface area contributed by atoms with Gasteiger partial charge in [0.15, 0.2) is 6.39 Å². The second-order valence-electron chi connectivity index (χ2n) is 2.57. The fraction of sp³-hybridized carbons (Fsp3) is 0.571. The maximum absolute atomic E-state index is 5.44. The van der Waals surface area contributed by atoms with Crippen molar-refractivity contribution in [1.82, 2.24) is 10.3 Å². The summed E-state index contributed by atoms with van der Waals surface area (Å²) >= 11 is 0. The lowest BCUT2D eigenvalue weighted by molar-refractivity contribution is 0.00603. The number of aromatic nitrogens is 1. The first kappa shape index (κ1) is 6.82. The first-order valence-electron chi connectivity index (χ1n) is 3.64. The van der Waals surface area contributed by atoms with Gasteiger partial charge in [-0.2, -0.15) is 0 Å². The van der Waals surface area contributed by atoms with Gasteiger partial charge in [0.25, 0.3) is 0 Å². The smallest absolute Gasteiger partial charge is 0.180 e. The molecule has 0 unspecified atom stereocenters. The summed E-state index contributed by atoms with van der Waals surface area (Å²) in [6.45, 7) is 2.47. The lowest BCUT2D eigenvalue weighted by Crippen LogP contribution is -2.48. The third-order valence-electron chi connectivity index (χ3n) is 1.69. The minimum atomic E-state index is 0.367. The van der Waals surface area contributed by atoms with Crippen LogP contribution in [0.2, 0.25) is 0 Å². The maximum atomic E-state index is 5.44. The molecule has 0 spiro atoms. The first-order valence-corrected chi connectivity index (χ1v) is 3.64. The Hall–Kier alpha value is -0.870. The van der Waals surface area contributed by atoms with Crippen LogP contribution in [0, 0.1) is 0 Å². The van der Waals surface area contributed by atoms with Gasteiger partial charge in [-0.05, 0) is 0 Å². The van der Waals surface area contributed by atoms with Crippen molar-refractivity contribution < 1.29 is 9.15 Å². The summed E-state index contributed by atoms with van der Waals surface area (Å²) in [5.41, 5.74) is 0.858. The van der Waals surface area contributed by atoms with Gasteiger partial charge in [0.2, 0.25) is 0 Å². The Morgan fingerprint density at radius 3 is 3.18 bits per heavy atom. The molecule has 0 amide bonds. The summed E-state index contributed by atoms with van der Waals surface area (Å²) in [6.07, 6.45) is 3.38. The highest BCUT2D eigenvalue weighted by molar-refractivity contribution is 4.88. The lowest BCUT2D eigenvalue weighted by atomic mass is 10.2. The molecule has 0 aliphatic carbocycles. The van der Waals surface area contributed by atoms with Crippen LogP contribution in [0.3, 0.4) is 0 Å². The van der Waals surface area contributed by atoms with Crippen LogP contribution in [0.4, 0.5) is 0 Å². The number of ether oxygens (including phenoxy) is 1. The topological polar surface area (TPSA) is 47.3 Å². The Balaban J connectivity index is 1.74. The molecule has 2 heterocycles. The quantitative estimate of drug-likeness (QED) is 0.673. The van der Waals surface area contributed by atoms with Gasteiger partial charge in [-0.25, -0.2) is 4.98 Å². The zero-order valence-corrected chi connectivity index (χ0v) is 6.12. The van der Waals surface area contributed by atoms with Crippen LogP contribution in [-0.4, -0.2) is 24.2 Å². The fourth-order valence-corrected chi connectivity index (χ4v) is 0.892. The molecule has 1 N–H and O–H groups in total. The SMILES string of the molecule is c1nc(COC2CNC2)co1. The van der Waals surface area contributed by atoms with Crippen LogP contribution >= 0.6 is 0 Å². The second-order valence-corrected chi connectivity index (χ2v) is 2.57. The van der Waals surface area contributed by atoms with Crippen molar-refractivity contribution in [2.24, 2.45) is 0 Å². The van der Waals surface area contributed by atoms with E-state index in [9.17, 15) is 0 Å². The van der Waals surface area contributed by atoms with Gasteiger partial charge in [-0.3, -0.25) is 0 Å². The van der Waals surface area contributed by atoms with E-state index in [0.717, 1.165) is 18.8 Å². The van der Waals surface area contributed by atoms with Crippen molar-refractivity contribution in [3.63, 3.8) is 0 Å². The zero-order chi connectivity index (χ0) is 7.52. The Labute approximate surface area is 64.6 Å². The highest BCUT2D eigenvalue weighted by atomic mass is 16.5. The van der Waals surface area contributed by atoms with Gasteiger partial charge in [-0.15, -0.1) is 0 Å². The predicted molar refractivity (Wildman–Crippen MR) is 37.9 cm³/mol. The third-order valence-corrected chi connectivity index (χ3v) is 1.69. The predicted octanol–water partition coefficient (Wildman–Crippen LogP) is 0.163. The third kappa shape index (κ3) is 1.58. The Bertz CT molecular complexity index is 206. The molecule has 11 heavy (non-hydrogen) atoms. The lowest BCUT2D eigenvalue weighted by Gasteiger charge is -2.26. The van der Waals surface area contributed by atoms with E-state index in [0.29, 0.717) is 12.7 Å². The molecule has 1 aliphatic rings. The van der Waals surface area contributed by atoms with E-state index < -0.39 is 0 Å². The normalized spacial score (nSPS) is 18.2. The average molecular weight is 154 g/mol. The van der Waals surface area contributed by atoms with Crippen molar-refractivity contribution in [1.29, 1.82) is 0 Å². The van der Waals surface area contributed by atoms with Crippen molar-refractivity contribution in [2.45, 2.75) is 12.7 Å². The molecule has 1 saturated heterocycles. The molecule has 0 radical (unpaired) electrons. The van der Waals surface area contributed by atoms with Crippen molar-refractivity contribution in [3.05, 3.63) is 18.4 Å². The molecule has 1 aliphatic heterocycles. The summed E-state index contributed by atoms with van der Waals surface area (Å²) < 4.78 is 10.2. The molecule has 0 saturated carbocycles. The summed E-state index contributed by atoms with van der Waals surface area (Å²) in [5.74, 6) is 0. The van der Waals surface area contributed by atoms with Crippen molar-refractivity contribution >= 4 is 0 Å². The molecular weight excluding hydrogens is 144 g/mol. The highest BCUT2D eigenvalue weighted by Gasteiger charge is 2.16. The molecule has 4 nitrogen and oxygen atoms in total. The van der Waals surface area contributed by atoms with Gasteiger partial charge in [0, 0.05) is 13.1 Å². The molecular formula is C7H10N2O2. The van der Waals surface area contributed by atoms with Crippen LogP contribution in [0.1, 0.15) is 5.69 Å². The molecule has 2 rings (SSSR count). The molecule has 0 atom stereocenters. The highest BCUT2D eigenvalue weighted by Crippen LogP contribution is 2.03. The monoisotopic (exact) mass is 154 g/mol. The molecule has 1 fully saturated rings. The summed E-state index contributed by atoms with van der Waals surface area (Å²) in [4.78, 5) is 3.93. The summed E-state index contributed by atoms with van der Waals surface area (Å²) in [5, 5.41) is 3.12. The molecule has 1 aromatic heterocycles. The molecule has 60 valence electrons. The van der Waals surface area contributed by atoms with E-state index >= 15 is 0 Å². The molecule has 0 bridgehead atoms. The van der Waals surface area contributed by atoms with Gasteiger partial charge >= 0.3 is 0 Å². The zero-order valence-electron chi connectivity index (χ0n) is 6.12. The van der Waals surface area contributed by atoms with E-state index in [1.165, 1.54) is 6.39 Å².